The summed E-state index contributed by atoms with van der Waals surface area (Å²) in [5, 5.41) is 0. The number of nitrogen functional groups attached to an aromatic ring is 1. The maximum atomic E-state index is 11.9. The molecule has 0 spiro atoms. The van der Waals surface area contributed by atoms with Crippen LogP contribution in [-0.4, -0.2) is 19.7 Å². The van der Waals surface area contributed by atoms with Gasteiger partial charge in [-0.3, -0.25) is 0 Å². The third-order valence-corrected chi connectivity index (χ3v) is 3.41. The van der Waals surface area contributed by atoms with Gasteiger partial charge >= 0.3 is 5.97 Å². The Kier molecular flexibility index (Phi) is 4.07. The van der Waals surface area contributed by atoms with E-state index in [0.717, 1.165) is 12.8 Å². The lowest BCUT2D eigenvalue weighted by atomic mass is 10.1. The van der Waals surface area contributed by atoms with Crippen molar-refractivity contribution in [1.82, 2.24) is 0 Å². The summed E-state index contributed by atoms with van der Waals surface area (Å²) in [7, 11) is 1.55. The molecule has 0 aromatic heterocycles. The van der Waals surface area contributed by atoms with Gasteiger partial charge in [0.15, 0.2) is 0 Å². The van der Waals surface area contributed by atoms with Crippen molar-refractivity contribution < 1.29 is 14.3 Å². The lowest BCUT2D eigenvalue weighted by molar-refractivity contribution is 0.0443. The van der Waals surface area contributed by atoms with Gasteiger partial charge in [0, 0.05) is 5.69 Å². The van der Waals surface area contributed by atoms with E-state index in [2.05, 4.69) is 0 Å². The third kappa shape index (κ3) is 2.94. The van der Waals surface area contributed by atoms with Crippen molar-refractivity contribution in [1.29, 1.82) is 0 Å². The zero-order chi connectivity index (χ0) is 13.0. The summed E-state index contributed by atoms with van der Waals surface area (Å²) in [5.41, 5.74) is 6.58. The van der Waals surface area contributed by atoms with Crippen LogP contribution in [0.5, 0.6) is 5.75 Å². The summed E-state index contributed by atoms with van der Waals surface area (Å²) >= 11 is 0. The molecule has 1 aromatic rings. The maximum Gasteiger partial charge on any atom is 0.340 e. The van der Waals surface area contributed by atoms with E-state index in [-0.39, 0.29) is 5.97 Å². The molecule has 0 saturated heterocycles. The molecule has 4 heteroatoms. The van der Waals surface area contributed by atoms with Crippen molar-refractivity contribution in [2.75, 3.05) is 19.5 Å². The summed E-state index contributed by atoms with van der Waals surface area (Å²) in [6.45, 7) is 0.496. The molecule has 0 unspecified atom stereocenters. The van der Waals surface area contributed by atoms with Crippen molar-refractivity contribution in [2.24, 2.45) is 5.92 Å². The lowest BCUT2D eigenvalue weighted by Crippen LogP contribution is -2.13. The van der Waals surface area contributed by atoms with Gasteiger partial charge in [-0.25, -0.2) is 4.79 Å². The van der Waals surface area contributed by atoms with E-state index in [1.165, 1.54) is 12.8 Å². The Labute approximate surface area is 107 Å². The van der Waals surface area contributed by atoms with Crippen LogP contribution in [0.15, 0.2) is 18.2 Å². The average molecular weight is 249 g/mol. The molecule has 4 nitrogen and oxygen atoms in total. The summed E-state index contributed by atoms with van der Waals surface area (Å²) in [6.07, 6.45) is 4.79. The molecule has 18 heavy (non-hydrogen) atoms. The van der Waals surface area contributed by atoms with Gasteiger partial charge in [0.25, 0.3) is 0 Å². The summed E-state index contributed by atoms with van der Waals surface area (Å²) in [5.74, 6) is 0.760. The zero-order valence-corrected chi connectivity index (χ0v) is 10.6. The number of esters is 1. The minimum atomic E-state index is -0.363. The molecule has 0 aliphatic heterocycles. The highest BCUT2D eigenvalue weighted by atomic mass is 16.5. The lowest BCUT2D eigenvalue weighted by Gasteiger charge is -2.11. The Morgan fingerprint density at radius 3 is 2.78 bits per heavy atom. The first-order chi connectivity index (χ1) is 8.70. The Hall–Kier alpha value is -1.71. The second-order valence-electron chi connectivity index (χ2n) is 4.70. The molecule has 1 saturated carbocycles. The van der Waals surface area contributed by atoms with E-state index in [9.17, 15) is 4.79 Å². The number of benzene rings is 1. The summed E-state index contributed by atoms with van der Waals surface area (Å²) in [4.78, 5) is 11.9. The van der Waals surface area contributed by atoms with Crippen LogP contribution in [0.4, 0.5) is 5.69 Å². The maximum absolute atomic E-state index is 11.9. The van der Waals surface area contributed by atoms with Gasteiger partial charge in [0.1, 0.15) is 5.75 Å². The molecular weight excluding hydrogens is 230 g/mol. The number of carbonyl (C=O) groups is 1. The van der Waals surface area contributed by atoms with Crippen LogP contribution in [0.25, 0.3) is 0 Å². The molecule has 1 fully saturated rings. The highest BCUT2D eigenvalue weighted by Gasteiger charge is 2.18. The highest BCUT2D eigenvalue weighted by molar-refractivity contribution is 5.95. The Balaban J connectivity index is 1.98. The van der Waals surface area contributed by atoms with Crippen LogP contribution >= 0.6 is 0 Å². The SMILES string of the molecule is COc1ccc(N)c(C(=O)OCC2CCCC2)c1. The first kappa shape index (κ1) is 12.7. The molecule has 0 atom stereocenters. The molecule has 0 amide bonds. The fourth-order valence-corrected chi connectivity index (χ4v) is 2.29. The molecular formula is C14H19NO3. The predicted octanol–water partition coefficient (Wildman–Crippen LogP) is 2.62. The second-order valence-corrected chi connectivity index (χ2v) is 4.70. The van der Waals surface area contributed by atoms with E-state index in [0.29, 0.717) is 29.5 Å². The number of ether oxygens (including phenoxy) is 2. The molecule has 1 aliphatic rings. The molecule has 2 rings (SSSR count). The van der Waals surface area contributed by atoms with Gasteiger partial charge in [-0.2, -0.15) is 0 Å². The van der Waals surface area contributed by atoms with Crippen LogP contribution < -0.4 is 10.5 Å². The largest absolute Gasteiger partial charge is 0.497 e. The normalized spacial score (nSPS) is 15.6. The van der Waals surface area contributed by atoms with E-state index in [1.807, 2.05) is 0 Å². The van der Waals surface area contributed by atoms with Crippen molar-refractivity contribution >= 4 is 11.7 Å². The monoisotopic (exact) mass is 249 g/mol. The number of hydrogen-bond acceptors (Lipinski definition) is 4. The van der Waals surface area contributed by atoms with E-state index < -0.39 is 0 Å². The molecule has 1 aromatic carbocycles. The topological polar surface area (TPSA) is 61.5 Å². The van der Waals surface area contributed by atoms with E-state index in [4.69, 9.17) is 15.2 Å². The van der Waals surface area contributed by atoms with Crippen LogP contribution in [0.3, 0.4) is 0 Å². The fourth-order valence-electron chi connectivity index (χ4n) is 2.29. The number of nitrogens with two attached hydrogens (primary N) is 1. The number of rotatable bonds is 4. The smallest absolute Gasteiger partial charge is 0.340 e. The van der Waals surface area contributed by atoms with Crippen molar-refractivity contribution in [3.05, 3.63) is 23.8 Å². The van der Waals surface area contributed by atoms with Gasteiger partial charge in [-0.1, -0.05) is 12.8 Å². The third-order valence-electron chi connectivity index (χ3n) is 3.41. The number of hydrogen-bond donors (Lipinski definition) is 1. The van der Waals surface area contributed by atoms with Crippen LogP contribution in [0.2, 0.25) is 0 Å². The molecule has 0 heterocycles. The molecule has 0 radical (unpaired) electrons. The molecule has 1 aliphatic carbocycles. The average Bonchev–Trinajstić information content (AvgIpc) is 2.89. The van der Waals surface area contributed by atoms with Gasteiger partial charge in [0.2, 0.25) is 0 Å². The van der Waals surface area contributed by atoms with Crippen LogP contribution in [-0.2, 0) is 4.74 Å². The quantitative estimate of drug-likeness (QED) is 0.658. The summed E-state index contributed by atoms with van der Waals surface area (Å²) in [6, 6.07) is 5.00. The van der Waals surface area contributed by atoms with E-state index >= 15 is 0 Å². The van der Waals surface area contributed by atoms with Crippen molar-refractivity contribution in [3.63, 3.8) is 0 Å². The molecule has 2 N–H and O–H groups in total. The second kappa shape index (κ2) is 5.76. The van der Waals surface area contributed by atoms with Gasteiger partial charge in [-0.15, -0.1) is 0 Å². The number of methoxy groups -OCH3 is 1. The van der Waals surface area contributed by atoms with Crippen molar-refractivity contribution in [2.45, 2.75) is 25.7 Å². The Morgan fingerprint density at radius 1 is 1.39 bits per heavy atom. The molecule has 0 bridgehead atoms. The first-order valence-electron chi connectivity index (χ1n) is 6.31. The number of anilines is 1. The zero-order valence-electron chi connectivity index (χ0n) is 10.6. The van der Waals surface area contributed by atoms with E-state index in [1.54, 1.807) is 25.3 Å². The highest BCUT2D eigenvalue weighted by Crippen LogP contribution is 2.26. The minimum Gasteiger partial charge on any atom is -0.497 e. The first-order valence-corrected chi connectivity index (χ1v) is 6.31. The fraction of sp³-hybridized carbons (Fsp3) is 0.500. The Morgan fingerprint density at radius 2 is 2.11 bits per heavy atom. The van der Waals surface area contributed by atoms with Gasteiger partial charge in [-0.05, 0) is 37.0 Å². The Bertz CT molecular complexity index is 425. The predicted molar refractivity (Wildman–Crippen MR) is 69.6 cm³/mol. The van der Waals surface area contributed by atoms with Crippen LogP contribution in [0.1, 0.15) is 36.0 Å². The van der Waals surface area contributed by atoms with Crippen LogP contribution in [0, 0.1) is 5.92 Å². The van der Waals surface area contributed by atoms with Gasteiger partial charge < -0.3 is 15.2 Å². The molecule has 98 valence electrons. The van der Waals surface area contributed by atoms with Gasteiger partial charge in [0.05, 0.1) is 19.3 Å². The summed E-state index contributed by atoms with van der Waals surface area (Å²) < 4.78 is 10.4. The van der Waals surface area contributed by atoms with Crippen molar-refractivity contribution in [3.8, 4) is 5.75 Å². The number of carbonyl (C=O) groups excluding carboxylic acids is 1. The minimum absolute atomic E-state index is 0.363. The standard InChI is InChI=1S/C14H19NO3/c1-17-11-6-7-13(15)12(8-11)14(16)18-9-10-4-2-3-5-10/h6-8,10H,2-5,9,15H2,1H3.